The van der Waals surface area contributed by atoms with Gasteiger partial charge in [-0.1, -0.05) is 6.07 Å². The Labute approximate surface area is 179 Å². The second kappa shape index (κ2) is 8.92. The maximum Gasteiger partial charge on any atom is 0.387 e. The van der Waals surface area contributed by atoms with E-state index in [1.807, 2.05) is 0 Å². The largest absolute Gasteiger partial charge is 0.435 e. The minimum atomic E-state index is -3.64. The number of anilines is 1. The summed E-state index contributed by atoms with van der Waals surface area (Å²) in [6.45, 7) is -1.09. The zero-order valence-corrected chi connectivity index (χ0v) is 17.5. The van der Waals surface area contributed by atoms with Crippen molar-refractivity contribution in [2.45, 2.75) is 25.9 Å². The summed E-state index contributed by atoms with van der Waals surface area (Å²) in [4.78, 5) is 2.41. The second-order valence-corrected chi connectivity index (χ2v) is 9.60. The molecule has 1 fully saturated rings. The van der Waals surface area contributed by atoms with Crippen molar-refractivity contribution in [1.29, 1.82) is 0 Å². The van der Waals surface area contributed by atoms with Gasteiger partial charge >= 0.3 is 6.61 Å². The number of hydrogen-bond acceptors (Lipinski definition) is 4. The van der Waals surface area contributed by atoms with E-state index in [1.54, 1.807) is 24.3 Å². The molecule has 0 aromatic heterocycles. The maximum absolute atomic E-state index is 13.1. The third-order valence-corrected chi connectivity index (χ3v) is 7.24. The van der Waals surface area contributed by atoms with Gasteiger partial charge in [-0.05, 0) is 78.8 Å². The van der Waals surface area contributed by atoms with Crippen LogP contribution in [0.15, 0.2) is 47.4 Å². The van der Waals surface area contributed by atoms with Crippen molar-refractivity contribution in [1.82, 2.24) is 4.72 Å². The van der Waals surface area contributed by atoms with E-state index in [2.05, 4.69) is 14.4 Å². The molecule has 0 saturated carbocycles. The van der Waals surface area contributed by atoms with E-state index < -0.39 is 16.6 Å². The van der Waals surface area contributed by atoms with Gasteiger partial charge in [0.2, 0.25) is 10.0 Å². The number of halogens is 3. The number of ether oxygens (including phenoxy) is 1. The number of aryl methyl sites for hydroxylation is 1. The average molecular weight is 452 g/mol. The van der Waals surface area contributed by atoms with Crippen molar-refractivity contribution in [2.75, 3.05) is 24.5 Å². The van der Waals surface area contributed by atoms with Crippen molar-refractivity contribution in [3.8, 4) is 5.75 Å². The maximum atomic E-state index is 13.1. The number of alkyl halides is 2. The third-order valence-electron chi connectivity index (χ3n) is 5.68. The molecule has 1 heterocycles. The fourth-order valence-corrected chi connectivity index (χ4v) is 5.33. The van der Waals surface area contributed by atoms with Gasteiger partial charge in [0, 0.05) is 25.3 Å². The Morgan fingerprint density at radius 2 is 1.90 bits per heavy atom. The molecule has 1 unspecified atom stereocenters. The molecule has 0 spiro atoms. The summed E-state index contributed by atoms with van der Waals surface area (Å²) in [6.07, 6.45) is 3.17. The molecule has 0 radical (unpaired) electrons. The van der Waals surface area contributed by atoms with Crippen molar-refractivity contribution in [3.63, 3.8) is 0 Å². The summed E-state index contributed by atoms with van der Waals surface area (Å²) >= 11 is 0. The highest BCUT2D eigenvalue weighted by atomic mass is 32.2. The first-order chi connectivity index (χ1) is 14.8. The molecule has 1 saturated heterocycles. The van der Waals surface area contributed by atoms with Crippen LogP contribution in [-0.4, -0.2) is 34.7 Å². The van der Waals surface area contributed by atoms with Crippen LogP contribution in [0.5, 0.6) is 5.75 Å². The molecule has 9 heteroatoms. The Morgan fingerprint density at radius 3 is 2.65 bits per heavy atom. The molecular weight excluding hydrogens is 429 g/mol. The number of nitrogens with zero attached hydrogens (tertiary/aromatic N) is 1. The summed E-state index contributed by atoms with van der Waals surface area (Å²) in [5.74, 6) is -0.0590. The molecule has 1 atom stereocenters. The third kappa shape index (κ3) is 5.22. The van der Waals surface area contributed by atoms with E-state index in [0.717, 1.165) is 24.2 Å². The SMILES string of the molecule is O=S(=O)(NCC1CCN(c2ccc(F)cc2)C1)C1=Cc2ccc(OC(F)F)cc2CC1. The van der Waals surface area contributed by atoms with Crippen LogP contribution >= 0.6 is 0 Å². The first-order valence-electron chi connectivity index (χ1n) is 10.1. The van der Waals surface area contributed by atoms with Gasteiger partial charge in [0.05, 0.1) is 4.91 Å². The molecule has 2 aromatic carbocycles. The standard InChI is InChI=1S/C22H23F3N2O3S/c23-18-3-5-19(6-4-18)27-10-9-15(14-27)13-26-31(28,29)21-8-2-16-11-20(30-22(24)25)7-1-17(16)12-21/h1,3-7,11-12,15,22,26H,2,8-10,13-14H2. The van der Waals surface area contributed by atoms with Gasteiger partial charge in [0.1, 0.15) is 11.6 Å². The van der Waals surface area contributed by atoms with Crippen molar-refractivity contribution in [3.05, 3.63) is 64.3 Å². The molecule has 1 aliphatic heterocycles. The first-order valence-corrected chi connectivity index (χ1v) is 11.6. The monoisotopic (exact) mass is 452 g/mol. The fraction of sp³-hybridized carbons (Fsp3) is 0.364. The van der Waals surface area contributed by atoms with Crippen molar-refractivity contribution >= 4 is 21.8 Å². The van der Waals surface area contributed by atoms with Crippen molar-refractivity contribution < 1.29 is 26.3 Å². The predicted molar refractivity (Wildman–Crippen MR) is 113 cm³/mol. The summed E-state index contributed by atoms with van der Waals surface area (Å²) in [6, 6.07) is 10.8. The fourth-order valence-electron chi connectivity index (χ4n) is 4.04. The molecule has 31 heavy (non-hydrogen) atoms. The summed E-state index contributed by atoms with van der Waals surface area (Å²) < 4.78 is 70.6. The van der Waals surface area contributed by atoms with Crippen LogP contribution in [0.4, 0.5) is 18.9 Å². The Morgan fingerprint density at radius 1 is 1.13 bits per heavy atom. The lowest BCUT2D eigenvalue weighted by molar-refractivity contribution is -0.0498. The Balaban J connectivity index is 1.37. The Bertz CT molecular complexity index is 1070. The smallest absolute Gasteiger partial charge is 0.387 e. The lowest BCUT2D eigenvalue weighted by Crippen LogP contribution is -2.32. The number of allylic oxidation sites excluding steroid dienone is 1. The minimum absolute atomic E-state index is 0.0681. The van der Waals surface area contributed by atoms with Crippen LogP contribution in [-0.2, 0) is 16.4 Å². The summed E-state index contributed by atoms with van der Waals surface area (Å²) in [5, 5.41) is 0. The van der Waals surface area contributed by atoms with Gasteiger partial charge in [0.15, 0.2) is 0 Å². The molecule has 0 bridgehead atoms. The first kappa shape index (κ1) is 21.7. The quantitative estimate of drug-likeness (QED) is 0.686. The number of benzene rings is 2. The summed E-state index contributed by atoms with van der Waals surface area (Å²) in [7, 11) is -3.64. The molecule has 4 rings (SSSR count). The van der Waals surface area contributed by atoms with E-state index in [0.29, 0.717) is 31.5 Å². The van der Waals surface area contributed by atoms with Crippen LogP contribution in [0.2, 0.25) is 0 Å². The number of rotatable bonds is 7. The van der Waals surface area contributed by atoms with Gasteiger partial charge in [0.25, 0.3) is 0 Å². The average Bonchev–Trinajstić information content (AvgIpc) is 3.21. The molecule has 2 aliphatic rings. The van der Waals surface area contributed by atoms with Crippen LogP contribution in [0.1, 0.15) is 24.0 Å². The van der Waals surface area contributed by atoms with E-state index in [9.17, 15) is 21.6 Å². The molecule has 166 valence electrons. The van der Waals surface area contributed by atoms with E-state index in [-0.39, 0.29) is 22.4 Å². The van der Waals surface area contributed by atoms with Crippen LogP contribution in [0.3, 0.4) is 0 Å². The number of sulfonamides is 1. The number of hydrogen-bond donors (Lipinski definition) is 1. The highest BCUT2D eigenvalue weighted by molar-refractivity contribution is 7.93. The van der Waals surface area contributed by atoms with Crippen LogP contribution < -0.4 is 14.4 Å². The molecule has 2 aromatic rings. The van der Waals surface area contributed by atoms with Crippen LogP contribution in [0, 0.1) is 11.7 Å². The minimum Gasteiger partial charge on any atom is -0.435 e. The Hall–Kier alpha value is -2.52. The lowest BCUT2D eigenvalue weighted by Gasteiger charge is -2.20. The predicted octanol–water partition coefficient (Wildman–Crippen LogP) is 4.16. The molecule has 0 amide bonds. The van der Waals surface area contributed by atoms with Crippen molar-refractivity contribution in [2.24, 2.45) is 5.92 Å². The molecular formula is C22H23F3N2O3S. The Kier molecular flexibility index (Phi) is 6.24. The molecule has 5 nitrogen and oxygen atoms in total. The molecule has 1 N–H and O–H groups in total. The highest BCUT2D eigenvalue weighted by Gasteiger charge is 2.27. The van der Waals surface area contributed by atoms with Gasteiger partial charge in [-0.3, -0.25) is 0 Å². The normalized spacial score (nSPS) is 18.8. The zero-order valence-electron chi connectivity index (χ0n) is 16.7. The second-order valence-electron chi connectivity index (χ2n) is 7.78. The molecule has 1 aliphatic carbocycles. The summed E-state index contributed by atoms with van der Waals surface area (Å²) in [5.41, 5.74) is 2.40. The topological polar surface area (TPSA) is 58.6 Å². The van der Waals surface area contributed by atoms with Crippen LogP contribution in [0.25, 0.3) is 6.08 Å². The number of fused-ring (bicyclic) bond motifs is 1. The van der Waals surface area contributed by atoms with E-state index in [4.69, 9.17) is 0 Å². The zero-order chi connectivity index (χ0) is 22.0. The lowest BCUT2D eigenvalue weighted by atomic mass is 9.97. The van der Waals surface area contributed by atoms with Gasteiger partial charge in [-0.2, -0.15) is 8.78 Å². The van der Waals surface area contributed by atoms with E-state index in [1.165, 1.54) is 24.3 Å². The van der Waals surface area contributed by atoms with Gasteiger partial charge in [-0.15, -0.1) is 0 Å². The number of nitrogens with one attached hydrogen (secondary N) is 1. The van der Waals surface area contributed by atoms with Gasteiger partial charge < -0.3 is 9.64 Å². The highest BCUT2D eigenvalue weighted by Crippen LogP contribution is 2.30. The van der Waals surface area contributed by atoms with Gasteiger partial charge in [-0.25, -0.2) is 17.5 Å². The van der Waals surface area contributed by atoms with E-state index >= 15 is 0 Å².